The Morgan fingerprint density at radius 1 is 1.27 bits per heavy atom. The van der Waals surface area contributed by atoms with Gasteiger partial charge in [0, 0.05) is 25.7 Å². The maximum absolute atomic E-state index is 6.05. The Bertz CT molecular complexity index is 164. The zero-order chi connectivity index (χ0) is 11.3. The van der Waals surface area contributed by atoms with Crippen LogP contribution in [0.4, 0.5) is 0 Å². The summed E-state index contributed by atoms with van der Waals surface area (Å²) in [6.07, 6.45) is 2.77. The fourth-order valence-corrected chi connectivity index (χ4v) is 1.98. The lowest BCUT2D eigenvalue weighted by Gasteiger charge is -2.25. The van der Waals surface area contributed by atoms with Crippen LogP contribution in [-0.4, -0.2) is 55.6 Å². The lowest BCUT2D eigenvalue weighted by molar-refractivity contribution is 0.236. The van der Waals surface area contributed by atoms with Gasteiger partial charge in [0.2, 0.25) is 0 Å². The molecule has 0 bridgehead atoms. The van der Waals surface area contributed by atoms with Gasteiger partial charge in [-0.3, -0.25) is 0 Å². The summed E-state index contributed by atoms with van der Waals surface area (Å²) < 4.78 is 0. The minimum absolute atomic E-state index is 0.313. The first kappa shape index (κ1) is 12.9. The molecule has 0 spiro atoms. The maximum atomic E-state index is 6.05. The highest BCUT2D eigenvalue weighted by atomic mass is 15.2. The lowest BCUT2D eigenvalue weighted by Crippen LogP contribution is -2.41. The van der Waals surface area contributed by atoms with Crippen molar-refractivity contribution in [3.63, 3.8) is 0 Å². The maximum Gasteiger partial charge on any atom is 0.0191 e. The van der Waals surface area contributed by atoms with Gasteiger partial charge in [-0.05, 0) is 38.9 Å². The van der Waals surface area contributed by atoms with Gasteiger partial charge in [-0.2, -0.15) is 0 Å². The molecule has 0 aliphatic carbocycles. The van der Waals surface area contributed by atoms with Crippen molar-refractivity contribution in [2.75, 3.05) is 39.8 Å². The Kier molecular flexibility index (Phi) is 5.58. The highest BCUT2D eigenvalue weighted by Gasteiger charge is 2.14. The minimum Gasteiger partial charge on any atom is -0.326 e. The summed E-state index contributed by atoms with van der Waals surface area (Å²) in [5.41, 5.74) is 6.05. The van der Waals surface area contributed by atoms with E-state index in [1.165, 1.54) is 32.5 Å². The molecule has 90 valence electrons. The van der Waals surface area contributed by atoms with Crippen molar-refractivity contribution in [2.24, 2.45) is 11.7 Å². The molecule has 1 saturated heterocycles. The monoisotopic (exact) mass is 213 g/mol. The summed E-state index contributed by atoms with van der Waals surface area (Å²) in [5, 5.41) is 0. The van der Waals surface area contributed by atoms with Crippen LogP contribution in [0.3, 0.4) is 0 Å². The van der Waals surface area contributed by atoms with E-state index in [-0.39, 0.29) is 0 Å². The zero-order valence-electron chi connectivity index (χ0n) is 10.6. The molecule has 0 aromatic heterocycles. The summed E-state index contributed by atoms with van der Waals surface area (Å²) in [4.78, 5) is 4.92. The SMILES string of the molecule is CC(C)C(N)CN(C)CCN1CCCC1. The summed E-state index contributed by atoms with van der Waals surface area (Å²) in [6.45, 7) is 10.4. The Morgan fingerprint density at radius 3 is 2.40 bits per heavy atom. The van der Waals surface area contributed by atoms with E-state index in [0.717, 1.165) is 13.1 Å². The van der Waals surface area contributed by atoms with Gasteiger partial charge in [-0.25, -0.2) is 0 Å². The molecule has 1 rings (SSSR count). The minimum atomic E-state index is 0.313. The third-order valence-electron chi connectivity index (χ3n) is 3.38. The summed E-state index contributed by atoms with van der Waals surface area (Å²) >= 11 is 0. The van der Waals surface area contributed by atoms with Crippen molar-refractivity contribution in [1.29, 1.82) is 0 Å². The third-order valence-corrected chi connectivity index (χ3v) is 3.38. The molecule has 1 aliphatic rings. The fourth-order valence-electron chi connectivity index (χ4n) is 1.98. The van der Waals surface area contributed by atoms with Crippen LogP contribution in [0.25, 0.3) is 0 Å². The van der Waals surface area contributed by atoms with Gasteiger partial charge in [0.1, 0.15) is 0 Å². The predicted molar refractivity (Wildman–Crippen MR) is 66.0 cm³/mol. The molecule has 3 nitrogen and oxygen atoms in total. The normalized spacial score (nSPS) is 20.4. The molecule has 2 N–H and O–H groups in total. The standard InChI is InChI=1S/C12H27N3/c1-11(2)12(13)10-14(3)8-9-15-6-4-5-7-15/h11-12H,4-10,13H2,1-3H3. The molecule has 0 aromatic rings. The molecule has 1 unspecified atom stereocenters. The van der Waals surface area contributed by atoms with Crippen LogP contribution in [0.15, 0.2) is 0 Å². The van der Waals surface area contributed by atoms with Gasteiger partial charge < -0.3 is 15.5 Å². The van der Waals surface area contributed by atoms with E-state index in [0.29, 0.717) is 12.0 Å². The molecule has 1 atom stereocenters. The topological polar surface area (TPSA) is 32.5 Å². The van der Waals surface area contributed by atoms with Crippen molar-refractivity contribution in [2.45, 2.75) is 32.7 Å². The number of nitrogens with zero attached hydrogens (tertiary/aromatic N) is 2. The van der Waals surface area contributed by atoms with Gasteiger partial charge in [-0.1, -0.05) is 13.8 Å². The predicted octanol–water partition coefficient (Wildman–Crippen LogP) is 0.997. The molecular weight excluding hydrogens is 186 g/mol. The number of nitrogens with two attached hydrogens (primary N) is 1. The van der Waals surface area contributed by atoms with Crippen LogP contribution in [0.5, 0.6) is 0 Å². The van der Waals surface area contributed by atoms with Gasteiger partial charge >= 0.3 is 0 Å². The first-order chi connectivity index (χ1) is 7.09. The van der Waals surface area contributed by atoms with Crippen molar-refractivity contribution < 1.29 is 0 Å². The van der Waals surface area contributed by atoms with Gasteiger partial charge in [-0.15, -0.1) is 0 Å². The number of hydrogen-bond donors (Lipinski definition) is 1. The van der Waals surface area contributed by atoms with E-state index in [4.69, 9.17) is 5.73 Å². The highest BCUT2D eigenvalue weighted by Crippen LogP contribution is 2.07. The molecule has 15 heavy (non-hydrogen) atoms. The first-order valence-corrected chi connectivity index (χ1v) is 6.26. The molecule has 3 heteroatoms. The third kappa shape index (κ3) is 4.96. The van der Waals surface area contributed by atoms with Crippen LogP contribution in [0.1, 0.15) is 26.7 Å². The highest BCUT2D eigenvalue weighted by molar-refractivity contribution is 4.72. The number of likely N-dealkylation sites (N-methyl/N-ethyl adjacent to an activating group) is 1. The number of likely N-dealkylation sites (tertiary alicyclic amines) is 1. The van der Waals surface area contributed by atoms with Crippen LogP contribution < -0.4 is 5.73 Å². The largest absolute Gasteiger partial charge is 0.326 e. The van der Waals surface area contributed by atoms with Crippen molar-refractivity contribution in [3.05, 3.63) is 0 Å². The smallest absolute Gasteiger partial charge is 0.0191 e. The Hall–Kier alpha value is -0.120. The van der Waals surface area contributed by atoms with Gasteiger partial charge in [0.15, 0.2) is 0 Å². The molecule has 1 aliphatic heterocycles. The van der Waals surface area contributed by atoms with E-state index >= 15 is 0 Å². The first-order valence-electron chi connectivity index (χ1n) is 6.26. The molecule has 1 heterocycles. The second-order valence-corrected chi connectivity index (χ2v) is 5.22. The quantitative estimate of drug-likeness (QED) is 0.714. The lowest BCUT2D eigenvalue weighted by atomic mass is 10.1. The molecule has 1 fully saturated rings. The summed E-state index contributed by atoms with van der Waals surface area (Å²) in [7, 11) is 2.18. The van der Waals surface area contributed by atoms with E-state index < -0.39 is 0 Å². The molecule has 0 amide bonds. The molecule has 0 radical (unpaired) electrons. The van der Waals surface area contributed by atoms with Crippen molar-refractivity contribution in [3.8, 4) is 0 Å². The summed E-state index contributed by atoms with van der Waals surface area (Å²) in [5.74, 6) is 0.583. The molecule has 0 saturated carbocycles. The fraction of sp³-hybridized carbons (Fsp3) is 1.00. The average molecular weight is 213 g/mol. The number of rotatable bonds is 6. The van der Waals surface area contributed by atoms with Crippen LogP contribution >= 0.6 is 0 Å². The Morgan fingerprint density at radius 2 is 1.87 bits per heavy atom. The second kappa shape index (κ2) is 6.46. The second-order valence-electron chi connectivity index (χ2n) is 5.22. The Balaban J connectivity index is 2.09. The van der Waals surface area contributed by atoms with E-state index in [1.54, 1.807) is 0 Å². The molecule has 0 aromatic carbocycles. The Labute approximate surface area is 94.6 Å². The number of hydrogen-bond acceptors (Lipinski definition) is 3. The summed E-state index contributed by atoms with van der Waals surface area (Å²) in [6, 6.07) is 0.313. The van der Waals surface area contributed by atoms with E-state index in [2.05, 4.69) is 30.7 Å². The van der Waals surface area contributed by atoms with E-state index in [1.807, 2.05) is 0 Å². The van der Waals surface area contributed by atoms with Crippen LogP contribution in [0.2, 0.25) is 0 Å². The van der Waals surface area contributed by atoms with Crippen molar-refractivity contribution >= 4 is 0 Å². The van der Waals surface area contributed by atoms with Gasteiger partial charge in [0.25, 0.3) is 0 Å². The average Bonchev–Trinajstić information content (AvgIpc) is 2.66. The zero-order valence-corrected chi connectivity index (χ0v) is 10.6. The van der Waals surface area contributed by atoms with Gasteiger partial charge in [0.05, 0.1) is 0 Å². The van der Waals surface area contributed by atoms with Crippen LogP contribution in [-0.2, 0) is 0 Å². The van der Waals surface area contributed by atoms with Crippen molar-refractivity contribution in [1.82, 2.24) is 9.80 Å². The van der Waals surface area contributed by atoms with Crippen LogP contribution in [0, 0.1) is 5.92 Å². The molecular formula is C12H27N3. The van der Waals surface area contributed by atoms with E-state index in [9.17, 15) is 0 Å².